The normalized spacial score (nSPS) is 14.4. The van der Waals surface area contributed by atoms with Crippen LogP contribution in [-0.4, -0.2) is 58.6 Å². The summed E-state index contributed by atoms with van der Waals surface area (Å²) in [6.45, 7) is -0.911. The minimum absolute atomic E-state index is 0.00425. The van der Waals surface area contributed by atoms with Gasteiger partial charge in [0.05, 0.1) is 26.4 Å². The summed E-state index contributed by atoms with van der Waals surface area (Å²) in [5, 5.41) is 50.1. The highest BCUT2D eigenvalue weighted by atomic mass is 16.5. The van der Waals surface area contributed by atoms with Gasteiger partial charge in [-0.05, 0) is 41.8 Å². The number of benzene rings is 2. The smallest absolute Gasteiger partial charge is 0.160 e. The predicted molar refractivity (Wildman–Crippen MR) is 99.3 cm³/mol. The monoisotopic (exact) mass is 378 g/mol. The Morgan fingerprint density at radius 1 is 0.889 bits per heavy atom. The van der Waals surface area contributed by atoms with Crippen LogP contribution in [0.4, 0.5) is 0 Å². The molecule has 0 fully saturated rings. The SMILES string of the molecule is COc1cc(C[C@@H](CO)[C@](O)(CO)Cc2ccc(O)c(OC)c2)ccc1O. The van der Waals surface area contributed by atoms with Gasteiger partial charge in [-0.15, -0.1) is 0 Å². The molecule has 7 nitrogen and oxygen atoms in total. The standard InChI is InChI=1S/C20H26O7/c1-26-18-8-13(3-5-16(18)23)7-15(11-21)20(25,12-22)10-14-4-6-17(24)19(9-14)27-2/h3-6,8-9,15,21-25H,7,10-12H2,1-2H3/t15-,20+/m0/s1. The Kier molecular flexibility index (Phi) is 6.90. The van der Waals surface area contributed by atoms with Gasteiger partial charge in [-0.25, -0.2) is 0 Å². The van der Waals surface area contributed by atoms with E-state index in [0.29, 0.717) is 11.3 Å². The van der Waals surface area contributed by atoms with Gasteiger partial charge in [-0.3, -0.25) is 0 Å². The molecule has 7 heteroatoms. The molecule has 0 unspecified atom stereocenters. The van der Waals surface area contributed by atoms with E-state index in [9.17, 15) is 25.5 Å². The van der Waals surface area contributed by atoms with Gasteiger partial charge in [0.15, 0.2) is 23.0 Å². The summed E-state index contributed by atoms with van der Waals surface area (Å²) in [5.74, 6) is -0.146. The van der Waals surface area contributed by atoms with Gasteiger partial charge in [0.1, 0.15) is 0 Å². The summed E-state index contributed by atoms with van der Waals surface area (Å²) >= 11 is 0. The Balaban J connectivity index is 2.25. The molecule has 0 aliphatic carbocycles. The Morgan fingerprint density at radius 2 is 1.41 bits per heavy atom. The first kappa shape index (κ1) is 20.8. The molecule has 0 bridgehead atoms. The molecule has 2 atom stereocenters. The van der Waals surface area contributed by atoms with Gasteiger partial charge in [-0.1, -0.05) is 12.1 Å². The van der Waals surface area contributed by atoms with Crippen LogP contribution in [0.3, 0.4) is 0 Å². The first-order valence-electron chi connectivity index (χ1n) is 8.52. The molecule has 0 heterocycles. The molecular formula is C20H26O7. The summed E-state index contributed by atoms with van der Waals surface area (Å²) in [5.41, 5.74) is -0.219. The number of hydrogen-bond donors (Lipinski definition) is 5. The molecule has 148 valence electrons. The van der Waals surface area contributed by atoms with Crippen molar-refractivity contribution in [3.05, 3.63) is 47.5 Å². The minimum Gasteiger partial charge on any atom is -0.504 e. The van der Waals surface area contributed by atoms with E-state index in [1.165, 1.54) is 26.4 Å². The van der Waals surface area contributed by atoms with E-state index in [1.807, 2.05) is 0 Å². The van der Waals surface area contributed by atoms with Crippen molar-refractivity contribution in [2.45, 2.75) is 18.4 Å². The maximum atomic E-state index is 11.0. The third-order valence-electron chi connectivity index (χ3n) is 4.73. The fraction of sp³-hybridized carbons (Fsp3) is 0.400. The van der Waals surface area contributed by atoms with E-state index in [4.69, 9.17) is 9.47 Å². The van der Waals surface area contributed by atoms with Crippen molar-refractivity contribution >= 4 is 0 Å². The number of aliphatic hydroxyl groups excluding tert-OH is 2. The van der Waals surface area contributed by atoms with Crippen LogP contribution in [0.5, 0.6) is 23.0 Å². The van der Waals surface area contributed by atoms with Crippen molar-refractivity contribution < 1.29 is 35.0 Å². The van der Waals surface area contributed by atoms with Crippen molar-refractivity contribution in [2.75, 3.05) is 27.4 Å². The largest absolute Gasteiger partial charge is 0.504 e. The third kappa shape index (κ3) is 4.82. The lowest BCUT2D eigenvalue weighted by Crippen LogP contribution is -2.46. The van der Waals surface area contributed by atoms with E-state index >= 15 is 0 Å². The number of methoxy groups -OCH3 is 2. The van der Waals surface area contributed by atoms with Crippen LogP contribution in [0.2, 0.25) is 0 Å². The number of rotatable bonds is 9. The second-order valence-corrected chi connectivity index (χ2v) is 6.53. The number of phenols is 2. The maximum absolute atomic E-state index is 11.0. The van der Waals surface area contributed by atoms with Crippen molar-refractivity contribution in [2.24, 2.45) is 5.92 Å². The average molecular weight is 378 g/mol. The molecule has 27 heavy (non-hydrogen) atoms. The molecule has 2 aromatic rings. The van der Waals surface area contributed by atoms with Gasteiger partial charge in [0, 0.05) is 18.9 Å². The van der Waals surface area contributed by atoms with Crippen LogP contribution in [-0.2, 0) is 12.8 Å². The molecule has 0 aromatic heterocycles. The molecule has 0 spiro atoms. The lowest BCUT2D eigenvalue weighted by molar-refractivity contribution is -0.0764. The predicted octanol–water partition coefficient (Wildman–Crippen LogP) is 1.23. The van der Waals surface area contributed by atoms with E-state index in [-0.39, 0.29) is 36.7 Å². The zero-order chi connectivity index (χ0) is 20.0. The van der Waals surface area contributed by atoms with Gasteiger partial charge in [-0.2, -0.15) is 0 Å². The third-order valence-corrected chi connectivity index (χ3v) is 4.73. The van der Waals surface area contributed by atoms with Crippen molar-refractivity contribution in [3.63, 3.8) is 0 Å². The molecule has 0 saturated carbocycles. The summed E-state index contributed by atoms with van der Waals surface area (Å²) in [4.78, 5) is 0. The number of phenolic OH excluding ortho intramolecular Hbond substituents is 2. The van der Waals surface area contributed by atoms with Gasteiger partial charge in [0.2, 0.25) is 0 Å². The molecule has 5 N–H and O–H groups in total. The van der Waals surface area contributed by atoms with Crippen LogP contribution >= 0.6 is 0 Å². The van der Waals surface area contributed by atoms with Crippen molar-refractivity contribution in [1.82, 2.24) is 0 Å². The molecule has 2 rings (SSSR count). The summed E-state index contributed by atoms with van der Waals surface area (Å²) in [7, 11) is 2.86. The number of aromatic hydroxyl groups is 2. The summed E-state index contributed by atoms with van der Waals surface area (Å²) < 4.78 is 10.2. The second-order valence-electron chi connectivity index (χ2n) is 6.53. The number of aliphatic hydroxyl groups is 3. The topological polar surface area (TPSA) is 120 Å². The summed E-state index contributed by atoms with van der Waals surface area (Å²) in [6.07, 6.45) is 0.319. The highest BCUT2D eigenvalue weighted by molar-refractivity contribution is 5.43. The average Bonchev–Trinajstić information content (AvgIpc) is 2.68. The van der Waals surface area contributed by atoms with Gasteiger partial charge in [0.25, 0.3) is 0 Å². The van der Waals surface area contributed by atoms with E-state index in [0.717, 1.165) is 5.56 Å². The lowest BCUT2D eigenvalue weighted by atomic mass is 9.79. The fourth-order valence-corrected chi connectivity index (χ4v) is 3.07. The van der Waals surface area contributed by atoms with E-state index in [2.05, 4.69) is 0 Å². The van der Waals surface area contributed by atoms with Crippen LogP contribution in [0, 0.1) is 5.92 Å². The van der Waals surface area contributed by atoms with E-state index < -0.39 is 18.1 Å². The quantitative estimate of drug-likeness (QED) is 0.445. The lowest BCUT2D eigenvalue weighted by Gasteiger charge is -2.34. The fourth-order valence-electron chi connectivity index (χ4n) is 3.07. The summed E-state index contributed by atoms with van der Waals surface area (Å²) in [6, 6.07) is 9.42. The minimum atomic E-state index is -1.60. The van der Waals surface area contributed by atoms with Crippen LogP contribution in [0.1, 0.15) is 11.1 Å². The molecular weight excluding hydrogens is 352 g/mol. The second kappa shape index (κ2) is 8.94. The maximum Gasteiger partial charge on any atom is 0.160 e. The van der Waals surface area contributed by atoms with Gasteiger partial charge >= 0.3 is 0 Å². The molecule has 0 aliphatic heterocycles. The van der Waals surface area contributed by atoms with Gasteiger partial charge < -0.3 is 35.0 Å². The van der Waals surface area contributed by atoms with Crippen LogP contribution < -0.4 is 9.47 Å². The molecule has 0 saturated heterocycles. The zero-order valence-electron chi connectivity index (χ0n) is 15.4. The first-order valence-corrected chi connectivity index (χ1v) is 8.52. The molecule has 0 aliphatic rings. The first-order chi connectivity index (χ1) is 12.9. The highest BCUT2D eigenvalue weighted by Crippen LogP contribution is 2.32. The Labute approximate surface area is 158 Å². The van der Waals surface area contributed by atoms with Crippen LogP contribution in [0.15, 0.2) is 36.4 Å². The molecule has 0 radical (unpaired) electrons. The zero-order valence-corrected chi connectivity index (χ0v) is 15.4. The Hall–Kier alpha value is -2.48. The van der Waals surface area contributed by atoms with Crippen LogP contribution in [0.25, 0.3) is 0 Å². The van der Waals surface area contributed by atoms with Crippen molar-refractivity contribution in [1.29, 1.82) is 0 Å². The molecule has 2 aromatic carbocycles. The van der Waals surface area contributed by atoms with E-state index in [1.54, 1.807) is 24.3 Å². The van der Waals surface area contributed by atoms with Crippen molar-refractivity contribution in [3.8, 4) is 23.0 Å². The number of ether oxygens (including phenoxy) is 2. The Morgan fingerprint density at radius 3 is 1.89 bits per heavy atom. The highest BCUT2D eigenvalue weighted by Gasteiger charge is 2.36. The number of hydrogen-bond acceptors (Lipinski definition) is 7. The Bertz CT molecular complexity index is 762. The molecule has 0 amide bonds.